The molecule has 0 radical (unpaired) electrons. The fourth-order valence-electron chi connectivity index (χ4n) is 2.49. The smallest absolute Gasteiger partial charge is 0.261 e. The minimum absolute atomic E-state index is 0.142. The quantitative estimate of drug-likeness (QED) is 0.613. The van der Waals surface area contributed by atoms with Crippen LogP contribution in [0.5, 0.6) is 5.75 Å². The number of rotatable bonds is 7. The lowest BCUT2D eigenvalue weighted by molar-refractivity contribution is -0.130. The Morgan fingerprint density at radius 2 is 1.86 bits per heavy atom. The number of likely N-dealkylation sites (N-methyl/N-ethyl adjacent to an activating group) is 1. The van der Waals surface area contributed by atoms with E-state index in [0.717, 1.165) is 10.4 Å². The van der Waals surface area contributed by atoms with Gasteiger partial charge >= 0.3 is 0 Å². The number of para-hydroxylation sites is 1. The molecule has 2 amide bonds. The van der Waals surface area contributed by atoms with Gasteiger partial charge in [0.05, 0.1) is 5.56 Å². The molecule has 0 aliphatic heterocycles. The second kappa shape index (κ2) is 9.54. The second-order valence-corrected chi connectivity index (χ2v) is 7.95. The van der Waals surface area contributed by atoms with E-state index in [1.165, 1.54) is 16.2 Å². The SMILES string of the molecule is CN(C)C(=O)COc1ccccc1C(=O)Nc1ncc(Cc2ccccc2Cl)s1. The van der Waals surface area contributed by atoms with Crippen molar-refractivity contribution in [3.05, 3.63) is 75.8 Å². The van der Waals surface area contributed by atoms with E-state index in [0.29, 0.717) is 27.9 Å². The van der Waals surface area contributed by atoms with Gasteiger partial charge in [-0.05, 0) is 23.8 Å². The summed E-state index contributed by atoms with van der Waals surface area (Å²) in [5.41, 5.74) is 1.34. The average Bonchev–Trinajstić information content (AvgIpc) is 3.14. The molecule has 0 saturated heterocycles. The average molecular weight is 430 g/mol. The summed E-state index contributed by atoms with van der Waals surface area (Å²) in [6, 6.07) is 14.4. The first-order chi connectivity index (χ1) is 13.9. The first kappa shape index (κ1) is 20.8. The van der Waals surface area contributed by atoms with Crippen LogP contribution in [0, 0.1) is 0 Å². The molecule has 0 atom stereocenters. The molecule has 0 fully saturated rings. The maximum atomic E-state index is 12.7. The highest BCUT2D eigenvalue weighted by Gasteiger charge is 2.16. The molecule has 0 saturated carbocycles. The first-order valence-electron chi connectivity index (χ1n) is 8.85. The molecule has 0 bridgehead atoms. The van der Waals surface area contributed by atoms with Crippen LogP contribution in [-0.2, 0) is 11.2 Å². The highest BCUT2D eigenvalue weighted by Crippen LogP contribution is 2.26. The van der Waals surface area contributed by atoms with E-state index in [4.69, 9.17) is 16.3 Å². The lowest BCUT2D eigenvalue weighted by atomic mass is 10.1. The maximum Gasteiger partial charge on any atom is 0.261 e. The van der Waals surface area contributed by atoms with E-state index in [9.17, 15) is 9.59 Å². The topological polar surface area (TPSA) is 71.5 Å². The predicted octanol–water partition coefficient (Wildman–Crippen LogP) is 4.11. The summed E-state index contributed by atoms with van der Waals surface area (Å²) in [7, 11) is 3.29. The zero-order valence-electron chi connectivity index (χ0n) is 16.0. The molecule has 0 unspecified atom stereocenters. The van der Waals surface area contributed by atoms with E-state index < -0.39 is 0 Å². The summed E-state index contributed by atoms with van der Waals surface area (Å²) >= 11 is 7.59. The van der Waals surface area contributed by atoms with E-state index in [1.807, 2.05) is 24.3 Å². The van der Waals surface area contributed by atoms with Gasteiger partial charge in [-0.2, -0.15) is 0 Å². The van der Waals surface area contributed by atoms with Crippen LogP contribution in [0.1, 0.15) is 20.8 Å². The largest absolute Gasteiger partial charge is 0.483 e. The van der Waals surface area contributed by atoms with Crippen LogP contribution in [0.15, 0.2) is 54.7 Å². The van der Waals surface area contributed by atoms with Gasteiger partial charge in [0.15, 0.2) is 11.7 Å². The van der Waals surface area contributed by atoms with Gasteiger partial charge in [-0.15, -0.1) is 11.3 Å². The number of hydrogen-bond donors (Lipinski definition) is 1. The number of aromatic nitrogens is 1. The lowest BCUT2D eigenvalue weighted by Crippen LogP contribution is -2.28. The van der Waals surface area contributed by atoms with Crippen molar-refractivity contribution in [3.63, 3.8) is 0 Å². The molecule has 0 aliphatic rings. The molecular formula is C21H20ClN3O3S. The summed E-state index contributed by atoms with van der Waals surface area (Å²) in [6.45, 7) is -0.142. The standard InChI is InChI=1S/C21H20ClN3O3S/c1-25(2)19(26)13-28-18-10-6-4-8-16(18)20(27)24-21-23-12-15(29-21)11-14-7-3-5-9-17(14)22/h3-10,12H,11,13H2,1-2H3,(H,23,24,27). The van der Waals surface area contributed by atoms with Crippen molar-refractivity contribution in [2.45, 2.75) is 6.42 Å². The summed E-state index contributed by atoms with van der Waals surface area (Å²) in [5.74, 6) is -0.200. The summed E-state index contributed by atoms with van der Waals surface area (Å²) in [6.07, 6.45) is 2.36. The van der Waals surface area contributed by atoms with Crippen molar-refractivity contribution in [2.24, 2.45) is 0 Å². The Labute approximate surface area is 178 Å². The van der Waals surface area contributed by atoms with Crippen LogP contribution in [-0.4, -0.2) is 42.4 Å². The minimum atomic E-state index is -0.350. The molecule has 8 heteroatoms. The number of ether oxygens (including phenoxy) is 1. The van der Waals surface area contributed by atoms with Gasteiger partial charge in [0.1, 0.15) is 5.75 Å². The number of carbonyl (C=O) groups excluding carboxylic acids is 2. The normalized spacial score (nSPS) is 10.4. The number of halogens is 1. The number of benzene rings is 2. The predicted molar refractivity (Wildman–Crippen MR) is 115 cm³/mol. The summed E-state index contributed by atoms with van der Waals surface area (Å²) < 4.78 is 5.53. The molecule has 150 valence electrons. The third kappa shape index (κ3) is 5.56. The van der Waals surface area contributed by atoms with E-state index in [-0.39, 0.29) is 18.4 Å². The fourth-order valence-corrected chi connectivity index (χ4v) is 3.52. The number of thiazole rings is 1. The lowest BCUT2D eigenvalue weighted by Gasteiger charge is -2.13. The second-order valence-electron chi connectivity index (χ2n) is 6.43. The Hall–Kier alpha value is -2.90. The molecule has 2 aromatic carbocycles. The fraction of sp³-hybridized carbons (Fsp3) is 0.190. The zero-order chi connectivity index (χ0) is 20.8. The van der Waals surface area contributed by atoms with Crippen LogP contribution in [0.25, 0.3) is 0 Å². The number of nitrogens with zero attached hydrogens (tertiary/aromatic N) is 2. The van der Waals surface area contributed by atoms with Crippen LogP contribution >= 0.6 is 22.9 Å². The van der Waals surface area contributed by atoms with E-state index in [1.54, 1.807) is 44.6 Å². The molecule has 1 N–H and O–H groups in total. The first-order valence-corrected chi connectivity index (χ1v) is 10.0. The highest BCUT2D eigenvalue weighted by atomic mass is 35.5. The van der Waals surface area contributed by atoms with E-state index in [2.05, 4.69) is 10.3 Å². The molecule has 0 spiro atoms. The van der Waals surface area contributed by atoms with Crippen LogP contribution < -0.4 is 10.1 Å². The third-order valence-corrected chi connectivity index (χ3v) is 5.36. The Balaban J connectivity index is 1.67. The van der Waals surface area contributed by atoms with Crippen LogP contribution in [0.4, 0.5) is 5.13 Å². The Morgan fingerprint density at radius 1 is 1.14 bits per heavy atom. The van der Waals surface area contributed by atoms with Gasteiger partial charge < -0.3 is 9.64 Å². The molecule has 0 aliphatic carbocycles. The van der Waals surface area contributed by atoms with Crippen LogP contribution in [0.3, 0.4) is 0 Å². The Morgan fingerprint density at radius 3 is 2.62 bits per heavy atom. The monoisotopic (exact) mass is 429 g/mol. The van der Waals surface area contributed by atoms with Crippen molar-refractivity contribution < 1.29 is 14.3 Å². The number of anilines is 1. The number of carbonyl (C=O) groups is 2. The summed E-state index contributed by atoms with van der Waals surface area (Å²) in [5, 5.41) is 3.97. The van der Waals surface area contributed by atoms with Gasteiger partial charge in [0.25, 0.3) is 11.8 Å². The molecule has 3 rings (SSSR count). The van der Waals surface area contributed by atoms with Gasteiger partial charge in [-0.3, -0.25) is 14.9 Å². The Bertz CT molecular complexity index is 1020. The molecule has 3 aromatic rings. The number of amides is 2. The van der Waals surface area contributed by atoms with Gasteiger partial charge in [-0.1, -0.05) is 41.9 Å². The van der Waals surface area contributed by atoms with Crippen molar-refractivity contribution in [2.75, 3.05) is 26.0 Å². The van der Waals surface area contributed by atoms with Crippen molar-refractivity contribution >= 4 is 39.9 Å². The van der Waals surface area contributed by atoms with Gasteiger partial charge in [0.2, 0.25) is 0 Å². The summed E-state index contributed by atoms with van der Waals surface area (Å²) in [4.78, 5) is 31.1. The van der Waals surface area contributed by atoms with Crippen molar-refractivity contribution in [1.29, 1.82) is 0 Å². The zero-order valence-corrected chi connectivity index (χ0v) is 17.6. The molecule has 29 heavy (non-hydrogen) atoms. The highest BCUT2D eigenvalue weighted by molar-refractivity contribution is 7.15. The molecule has 6 nitrogen and oxygen atoms in total. The molecule has 1 heterocycles. The Kier molecular flexibility index (Phi) is 6.85. The van der Waals surface area contributed by atoms with Crippen molar-refractivity contribution in [1.82, 2.24) is 9.88 Å². The third-order valence-electron chi connectivity index (χ3n) is 4.08. The molecule has 1 aromatic heterocycles. The van der Waals surface area contributed by atoms with E-state index >= 15 is 0 Å². The minimum Gasteiger partial charge on any atom is -0.483 e. The van der Waals surface area contributed by atoms with Gasteiger partial charge in [-0.25, -0.2) is 4.98 Å². The van der Waals surface area contributed by atoms with Gasteiger partial charge in [0, 0.05) is 36.6 Å². The van der Waals surface area contributed by atoms with Crippen molar-refractivity contribution in [3.8, 4) is 5.75 Å². The number of nitrogens with one attached hydrogen (secondary N) is 1. The number of hydrogen-bond acceptors (Lipinski definition) is 5. The maximum absolute atomic E-state index is 12.7. The van der Waals surface area contributed by atoms with Crippen LogP contribution in [0.2, 0.25) is 5.02 Å². The molecular weight excluding hydrogens is 410 g/mol.